The van der Waals surface area contributed by atoms with Crippen LogP contribution in [0.4, 0.5) is 5.69 Å². The van der Waals surface area contributed by atoms with Gasteiger partial charge in [-0.25, -0.2) is 0 Å². The van der Waals surface area contributed by atoms with E-state index in [1.54, 1.807) is 42.7 Å². The van der Waals surface area contributed by atoms with Gasteiger partial charge >= 0.3 is 0 Å². The van der Waals surface area contributed by atoms with Gasteiger partial charge in [0.25, 0.3) is 11.7 Å². The number of aliphatic hydroxyl groups is 1. The van der Waals surface area contributed by atoms with Crippen LogP contribution in [0.1, 0.15) is 22.7 Å². The number of rotatable bonds is 5. The number of amides is 1. The number of hydrogen-bond donors (Lipinski definition) is 1. The lowest BCUT2D eigenvalue weighted by atomic mass is 9.95. The number of carbonyl (C=O) groups is 2. The summed E-state index contributed by atoms with van der Waals surface area (Å²) >= 11 is 6.09. The van der Waals surface area contributed by atoms with Crippen molar-refractivity contribution in [3.05, 3.63) is 100 Å². The van der Waals surface area contributed by atoms with E-state index in [0.717, 1.165) is 16.8 Å². The number of Topliss-reactive ketones (excluding diaryl/α,β-unsaturated/α-hetero) is 1. The van der Waals surface area contributed by atoms with Gasteiger partial charge in [0.05, 0.1) is 11.6 Å². The van der Waals surface area contributed by atoms with Gasteiger partial charge in [-0.3, -0.25) is 14.6 Å². The second kappa shape index (κ2) is 8.85. The number of nitrogens with zero attached hydrogens (tertiary/aromatic N) is 3. The molecule has 1 unspecified atom stereocenters. The van der Waals surface area contributed by atoms with E-state index in [0.29, 0.717) is 10.6 Å². The van der Waals surface area contributed by atoms with Crippen LogP contribution in [0.2, 0.25) is 5.02 Å². The summed E-state index contributed by atoms with van der Waals surface area (Å²) in [5, 5.41) is 11.5. The van der Waals surface area contributed by atoms with Crippen LogP contribution in [-0.2, 0) is 16.1 Å². The monoisotopic (exact) mass is 447 g/mol. The molecule has 1 fully saturated rings. The third-order valence-corrected chi connectivity index (χ3v) is 5.67. The molecule has 1 amide bonds. The summed E-state index contributed by atoms with van der Waals surface area (Å²) in [7, 11) is 3.87. The first-order valence-corrected chi connectivity index (χ1v) is 10.4. The highest BCUT2D eigenvalue weighted by Crippen LogP contribution is 2.40. The third kappa shape index (κ3) is 4.09. The van der Waals surface area contributed by atoms with Crippen LogP contribution in [0, 0.1) is 0 Å². The highest BCUT2D eigenvalue weighted by Gasteiger charge is 2.46. The molecule has 32 heavy (non-hydrogen) atoms. The fourth-order valence-corrected chi connectivity index (χ4v) is 4.01. The van der Waals surface area contributed by atoms with Crippen molar-refractivity contribution in [2.24, 2.45) is 0 Å². The van der Waals surface area contributed by atoms with Crippen molar-refractivity contribution in [2.45, 2.75) is 12.6 Å². The van der Waals surface area contributed by atoms with Gasteiger partial charge in [-0.2, -0.15) is 0 Å². The van der Waals surface area contributed by atoms with Gasteiger partial charge in [-0.15, -0.1) is 0 Å². The zero-order chi connectivity index (χ0) is 22.8. The lowest BCUT2D eigenvalue weighted by Crippen LogP contribution is -2.29. The number of carbonyl (C=O) groups excluding carboxylic acids is 2. The van der Waals surface area contributed by atoms with Crippen LogP contribution >= 0.6 is 11.6 Å². The zero-order valence-corrected chi connectivity index (χ0v) is 18.5. The van der Waals surface area contributed by atoms with Crippen molar-refractivity contribution >= 4 is 34.7 Å². The van der Waals surface area contributed by atoms with Crippen LogP contribution in [0.3, 0.4) is 0 Å². The van der Waals surface area contributed by atoms with Crippen molar-refractivity contribution in [3.8, 4) is 0 Å². The van der Waals surface area contributed by atoms with E-state index in [1.807, 2.05) is 49.3 Å². The molecule has 2 aromatic carbocycles. The second-order valence-electron chi connectivity index (χ2n) is 7.78. The minimum Gasteiger partial charge on any atom is -0.507 e. The van der Waals surface area contributed by atoms with Crippen LogP contribution in [-0.4, -0.2) is 40.8 Å². The molecule has 4 rings (SSSR count). The van der Waals surface area contributed by atoms with Crippen molar-refractivity contribution in [1.29, 1.82) is 0 Å². The Kier molecular flexibility index (Phi) is 5.97. The number of aromatic nitrogens is 1. The maximum Gasteiger partial charge on any atom is 0.295 e. The Hall–Kier alpha value is -3.64. The lowest BCUT2D eigenvalue weighted by Gasteiger charge is -2.26. The average molecular weight is 448 g/mol. The molecule has 6 nitrogen and oxygen atoms in total. The number of aliphatic hydroxyl groups excluding tert-OH is 1. The molecular formula is C25H22ClN3O3. The van der Waals surface area contributed by atoms with E-state index in [9.17, 15) is 14.7 Å². The Balaban J connectivity index is 1.86. The molecule has 0 radical (unpaired) electrons. The first-order chi connectivity index (χ1) is 15.4. The van der Waals surface area contributed by atoms with Crippen LogP contribution in [0.15, 0.2) is 78.6 Å². The Labute approximate surface area is 191 Å². The predicted molar refractivity (Wildman–Crippen MR) is 124 cm³/mol. The Morgan fingerprint density at radius 2 is 1.84 bits per heavy atom. The van der Waals surface area contributed by atoms with E-state index >= 15 is 0 Å². The topological polar surface area (TPSA) is 73.7 Å². The summed E-state index contributed by atoms with van der Waals surface area (Å²) in [4.78, 5) is 33.7. The number of hydrogen-bond acceptors (Lipinski definition) is 5. The molecule has 1 aliphatic rings. The Morgan fingerprint density at radius 1 is 1.09 bits per heavy atom. The normalized spacial score (nSPS) is 17.6. The predicted octanol–water partition coefficient (Wildman–Crippen LogP) is 4.42. The molecular weight excluding hydrogens is 426 g/mol. The van der Waals surface area contributed by atoms with Crippen molar-refractivity contribution < 1.29 is 14.7 Å². The number of benzene rings is 2. The smallest absolute Gasteiger partial charge is 0.295 e. The summed E-state index contributed by atoms with van der Waals surface area (Å²) < 4.78 is 0. The Morgan fingerprint density at radius 3 is 2.47 bits per heavy atom. The maximum absolute atomic E-state index is 13.1. The molecule has 1 N–H and O–H groups in total. The minimum atomic E-state index is -0.745. The molecule has 2 heterocycles. The van der Waals surface area contributed by atoms with Crippen molar-refractivity contribution in [1.82, 2.24) is 9.88 Å². The molecule has 1 aromatic heterocycles. The molecule has 1 saturated heterocycles. The minimum absolute atomic E-state index is 0.0405. The molecule has 0 bridgehead atoms. The lowest BCUT2D eigenvalue weighted by molar-refractivity contribution is -0.140. The summed E-state index contributed by atoms with van der Waals surface area (Å²) in [6.07, 6.45) is 3.30. The van der Waals surface area contributed by atoms with Gasteiger partial charge < -0.3 is 14.9 Å². The van der Waals surface area contributed by atoms with Gasteiger partial charge in [-0.1, -0.05) is 41.9 Å². The number of pyridine rings is 1. The third-order valence-electron chi connectivity index (χ3n) is 5.44. The standard InChI is InChI=1S/C25H22ClN3O3/c1-28(2)20-10-8-17(9-11-20)22-21(23(30)18-6-3-7-19(26)13-18)24(31)25(32)29(22)15-16-5-4-12-27-14-16/h3-14,22,30H,15H2,1-2H3/b23-21-. The van der Waals surface area contributed by atoms with Gasteiger partial charge in [0.2, 0.25) is 0 Å². The van der Waals surface area contributed by atoms with Crippen LogP contribution in [0.25, 0.3) is 5.76 Å². The molecule has 1 atom stereocenters. The fourth-order valence-electron chi connectivity index (χ4n) is 3.82. The summed E-state index contributed by atoms with van der Waals surface area (Å²) in [6.45, 7) is 0.185. The van der Waals surface area contributed by atoms with Gasteiger partial charge in [0.1, 0.15) is 5.76 Å². The number of halogens is 1. The van der Waals surface area contributed by atoms with E-state index < -0.39 is 17.7 Å². The second-order valence-corrected chi connectivity index (χ2v) is 8.22. The maximum atomic E-state index is 13.1. The molecule has 0 saturated carbocycles. The summed E-state index contributed by atoms with van der Waals surface area (Å²) in [5.74, 6) is -1.65. The van der Waals surface area contributed by atoms with E-state index in [4.69, 9.17) is 11.6 Å². The SMILES string of the molecule is CN(C)c1ccc(C2/C(=C(/O)c3cccc(Cl)c3)C(=O)C(=O)N2Cc2cccnc2)cc1. The summed E-state index contributed by atoms with van der Waals surface area (Å²) in [5.41, 5.74) is 2.91. The van der Waals surface area contributed by atoms with Gasteiger partial charge in [0.15, 0.2) is 0 Å². The highest BCUT2D eigenvalue weighted by atomic mass is 35.5. The number of anilines is 1. The summed E-state index contributed by atoms with van der Waals surface area (Å²) in [6, 6.07) is 17.0. The van der Waals surface area contributed by atoms with Crippen molar-refractivity contribution in [3.63, 3.8) is 0 Å². The van der Waals surface area contributed by atoms with Gasteiger partial charge in [-0.05, 0) is 41.5 Å². The molecule has 3 aromatic rings. The van der Waals surface area contributed by atoms with Crippen LogP contribution < -0.4 is 4.90 Å². The first kappa shape index (κ1) is 21.6. The average Bonchev–Trinajstić information content (AvgIpc) is 3.04. The number of likely N-dealkylation sites (tertiary alicyclic amines) is 1. The fraction of sp³-hybridized carbons (Fsp3) is 0.160. The molecule has 0 aliphatic carbocycles. The Bertz CT molecular complexity index is 1190. The van der Waals surface area contributed by atoms with Gasteiger partial charge in [0, 0.05) is 49.3 Å². The number of ketones is 1. The van der Waals surface area contributed by atoms with Crippen LogP contribution in [0.5, 0.6) is 0 Å². The van der Waals surface area contributed by atoms with E-state index in [1.165, 1.54) is 4.90 Å². The zero-order valence-electron chi connectivity index (χ0n) is 17.7. The largest absolute Gasteiger partial charge is 0.507 e. The molecule has 162 valence electrons. The van der Waals surface area contributed by atoms with E-state index in [2.05, 4.69) is 4.98 Å². The highest BCUT2D eigenvalue weighted by molar-refractivity contribution is 6.46. The van der Waals surface area contributed by atoms with E-state index in [-0.39, 0.29) is 17.9 Å². The molecule has 7 heteroatoms. The first-order valence-electron chi connectivity index (χ1n) is 10.1. The van der Waals surface area contributed by atoms with Crippen molar-refractivity contribution in [2.75, 3.05) is 19.0 Å². The quantitative estimate of drug-likeness (QED) is 0.356. The molecule has 1 aliphatic heterocycles. The molecule has 0 spiro atoms.